The van der Waals surface area contributed by atoms with Crippen molar-refractivity contribution in [2.45, 2.75) is 6.92 Å². The summed E-state index contributed by atoms with van der Waals surface area (Å²) in [5, 5.41) is -0.255. The molecule has 1 aromatic rings. The fourth-order valence-corrected chi connectivity index (χ4v) is 2.72. The van der Waals surface area contributed by atoms with E-state index in [1.165, 1.54) is 12.0 Å². The normalized spacial score (nSPS) is 16.9. The first kappa shape index (κ1) is 15.6. The van der Waals surface area contributed by atoms with Gasteiger partial charge in [0.05, 0.1) is 24.7 Å². The number of benzene rings is 1. The van der Waals surface area contributed by atoms with Gasteiger partial charge in [0.2, 0.25) is 0 Å². The first-order chi connectivity index (χ1) is 10.2. The molecule has 0 atom stereocenters. The van der Waals surface area contributed by atoms with Gasteiger partial charge in [0, 0.05) is 7.11 Å². The molecule has 0 unspecified atom stereocenters. The standard InChI is InChI=1S/C15H17NO4S/c1-3-20-12-6-4-11(5-7-12)10-13-14(17)16(8-9-19-2)15(18)21-13/h4-7,10H,3,8-9H2,1-2H3/b13-10+. The lowest BCUT2D eigenvalue weighted by molar-refractivity contribution is -0.123. The molecule has 0 aliphatic carbocycles. The first-order valence-electron chi connectivity index (χ1n) is 6.63. The topological polar surface area (TPSA) is 55.8 Å². The monoisotopic (exact) mass is 307 g/mol. The Bertz CT molecular complexity index is 553. The third kappa shape index (κ3) is 3.86. The van der Waals surface area contributed by atoms with Gasteiger partial charge in [-0.25, -0.2) is 0 Å². The summed E-state index contributed by atoms with van der Waals surface area (Å²) < 4.78 is 10.3. The number of hydrogen-bond donors (Lipinski definition) is 0. The molecule has 1 aliphatic rings. The zero-order chi connectivity index (χ0) is 15.2. The van der Waals surface area contributed by atoms with Crippen molar-refractivity contribution in [3.63, 3.8) is 0 Å². The molecule has 0 radical (unpaired) electrons. The van der Waals surface area contributed by atoms with E-state index in [-0.39, 0.29) is 17.7 Å². The number of thioether (sulfide) groups is 1. The second-order valence-corrected chi connectivity index (χ2v) is 5.32. The molecule has 5 nitrogen and oxygen atoms in total. The van der Waals surface area contributed by atoms with Gasteiger partial charge in [-0.1, -0.05) is 12.1 Å². The molecule has 1 heterocycles. The van der Waals surface area contributed by atoms with Crippen LogP contribution in [-0.4, -0.2) is 42.9 Å². The average Bonchev–Trinajstić information content (AvgIpc) is 2.74. The summed E-state index contributed by atoms with van der Waals surface area (Å²) in [4.78, 5) is 25.5. The fourth-order valence-electron chi connectivity index (χ4n) is 1.85. The summed E-state index contributed by atoms with van der Waals surface area (Å²) in [5.41, 5.74) is 0.857. The molecule has 2 amide bonds. The summed E-state index contributed by atoms with van der Waals surface area (Å²) in [5.74, 6) is 0.513. The third-order valence-corrected chi connectivity index (χ3v) is 3.79. The molecule has 0 N–H and O–H groups in total. The van der Waals surface area contributed by atoms with Crippen LogP contribution in [0.1, 0.15) is 12.5 Å². The Kier molecular flexibility index (Phi) is 5.41. The van der Waals surface area contributed by atoms with Crippen molar-refractivity contribution < 1.29 is 19.1 Å². The molecule has 6 heteroatoms. The molecule has 21 heavy (non-hydrogen) atoms. The quantitative estimate of drug-likeness (QED) is 0.756. The lowest BCUT2D eigenvalue weighted by Gasteiger charge is -2.10. The first-order valence-corrected chi connectivity index (χ1v) is 7.44. The maximum Gasteiger partial charge on any atom is 0.293 e. The Morgan fingerprint density at radius 1 is 1.24 bits per heavy atom. The Morgan fingerprint density at radius 2 is 1.95 bits per heavy atom. The second-order valence-electron chi connectivity index (χ2n) is 4.33. The van der Waals surface area contributed by atoms with Crippen LogP contribution >= 0.6 is 11.8 Å². The van der Waals surface area contributed by atoms with E-state index in [9.17, 15) is 9.59 Å². The van der Waals surface area contributed by atoms with Crippen LogP contribution in [0.3, 0.4) is 0 Å². The van der Waals surface area contributed by atoms with E-state index in [1.54, 1.807) is 6.08 Å². The molecule has 1 aromatic carbocycles. The minimum atomic E-state index is -0.268. The Balaban J connectivity index is 2.10. The van der Waals surface area contributed by atoms with Crippen molar-refractivity contribution in [3.8, 4) is 5.75 Å². The highest BCUT2D eigenvalue weighted by Gasteiger charge is 2.34. The lowest BCUT2D eigenvalue weighted by atomic mass is 10.2. The van der Waals surface area contributed by atoms with E-state index in [0.717, 1.165) is 23.1 Å². The van der Waals surface area contributed by atoms with Gasteiger partial charge in [0.15, 0.2) is 0 Å². The number of ether oxygens (including phenoxy) is 2. The summed E-state index contributed by atoms with van der Waals surface area (Å²) in [6.07, 6.45) is 1.72. The highest BCUT2D eigenvalue weighted by Crippen LogP contribution is 2.32. The van der Waals surface area contributed by atoms with E-state index in [4.69, 9.17) is 9.47 Å². The van der Waals surface area contributed by atoms with Crippen molar-refractivity contribution in [2.24, 2.45) is 0 Å². The maximum absolute atomic E-state index is 12.1. The van der Waals surface area contributed by atoms with Crippen molar-refractivity contribution >= 4 is 29.0 Å². The van der Waals surface area contributed by atoms with Crippen LogP contribution in [0, 0.1) is 0 Å². The van der Waals surface area contributed by atoms with E-state index in [0.29, 0.717) is 18.1 Å². The van der Waals surface area contributed by atoms with Crippen molar-refractivity contribution in [3.05, 3.63) is 34.7 Å². The number of amides is 2. The van der Waals surface area contributed by atoms with E-state index < -0.39 is 0 Å². The van der Waals surface area contributed by atoms with E-state index in [2.05, 4.69) is 0 Å². The molecule has 1 aliphatic heterocycles. The van der Waals surface area contributed by atoms with Crippen LogP contribution in [0.4, 0.5) is 4.79 Å². The average molecular weight is 307 g/mol. The van der Waals surface area contributed by atoms with Crippen LogP contribution in [0.25, 0.3) is 6.08 Å². The Morgan fingerprint density at radius 3 is 2.57 bits per heavy atom. The van der Waals surface area contributed by atoms with E-state index in [1.807, 2.05) is 31.2 Å². The number of methoxy groups -OCH3 is 1. The van der Waals surface area contributed by atoms with Crippen molar-refractivity contribution in [2.75, 3.05) is 26.9 Å². The van der Waals surface area contributed by atoms with Crippen molar-refractivity contribution in [1.29, 1.82) is 0 Å². The number of carbonyl (C=O) groups is 2. The van der Waals surface area contributed by atoms with Crippen LogP contribution in [-0.2, 0) is 9.53 Å². The molecular formula is C15H17NO4S. The number of carbonyl (C=O) groups excluding carboxylic acids is 2. The van der Waals surface area contributed by atoms with E-state index >= 15 is 0 Å². The molecular weight excluding hydrogens is 290 g/mol. The predicted molar refractivity (Wildman–Crippen MR) is 82.2 cm³/mol. The lowest BCUT2D eigenvalue weighted by Crippen LogP contribution is -2.31. The van der Waals surface area contributed by atoms with Crippen molar-refractivity contribution in [1.82, 2.24) is 4.90 Å². The summed E-state index contributed by atoms with van der Waals surface area (Å²) in [7, 11) is 1.54. The smallest absolute Gasteiger partial charge is 0.293 e. The molecule has 2 rings (SSSR count). The molecule has 0 saturated carbocycles. The molecule has 0 bridgehead atoms. The largest absolute Gasteiger partial charge is 0.494 e. The Hall–Kier alpha value is -1.79. The van der Waals surface area contributed by atoms with Crippen LogP contribution in [0.5, 0.6) is 5.75 Å². The highest BCUT2D eigenvalue weighted by molar-refractivity contribution is 8.18. The molecule has 1 saturated heterocycles. The van der Waals surface area contributed by atoms with Gasteiger partial charge in [-0.15, -0.1) is 0 Å². The van der Waals surface area contributed by atoms with Gasteiger partial charge in [-0.2, -0.15) is 0 Å². The minimum Gasteiger partial charge on any atom is -0.494 e. The molecule has 0 spiro atoms. The molecule has 1 fully saturated rings. The minimum absolute atomic E-state index is 0.255. The number of hydrogen-bond acceptors (Lipinski definition) is 5. The van der Waals surface area contributed by atoms with Gasteiger partial charge >= 0.3 is 0 Å². The number of rotatable bonds is 6. The van der Waals surface area contributed by atoms with Crippen LogP contribution < -0.4 is 4.74 Å². The van der Waals surface area contributed by atoms with Crippen LogP contribution in [0.2, 0.25) is 0 Å². The third-order valence-electron chi connectivity index (χ3n) is 2.88. The number of nitrogens with zero attached hydrogens (tertiary/aromatic N) is 1. The highest BCUT2D eigenvalue weighted by atomic mass is 32.2. The fraction of sp³-hybridized carbons (Fsp3) is 0.333. The molecule has 112 valence electrons. The maximum atomic E-state index is 12.1. The summed E-state index contributed by atoms with van der Waals surface area (Å²) in [6, 6.07) is 7.39. The predicted octanol–water partition coefficient (Wildman–Crippen LogP) is 2.77. The van der Waals surface area contributed by atoms with Crippen LogP contribution in [0.15, 0.2) is 29.2 Å². The molecule has 0 aromatic heterocycles. The summed E-state index contributed by atoms with van der Waals surface area (Å²) in [6.45, 7) is 3.15. The zero-order valence-electron chi connectivity index (χ0n) is 12.0. The van der Waals surface area contributed by atoms with Gasteiger partial charge in [-0.05, 0) is 42.5 Å². The Labute approximate surface area is 127 Å². The van der Waals surface area contributed by atoms with Gasteiger partial charge in [0.1, 0.15) is 5.75 Å². The van der Waals surface area contributed by atoms with Gasteiger partial charge in [-0.3, -0.25) is 14.5 Å². The number of imide groups is 1. The van der Waals surface area contributed by atoms with Gasteiger partial charge in [0.25, 0.3) is 11.1 Å². The summed E-state index contributed by atoms with van der Waals surface area (Å²) >= 11 is 0.953. The second kappa shape index (κ2) is 7.28. The van der Waals surface area contributed by atoms with Gasteiger partial charge < -0.3 is 9.47 Å². The zero-order valence-corrected chi connectivity index (χ0v) is 12.8. The SMILES string of the molecule is CCOc1ccc(/C=C2/SC(=O)N(CCOC)C2=O)cc1.